The zero-order valence-electron chi connectivity index (χ0n) is 13.3. The van der Waals surface area contributed by atoms with Gasteiger partial charge in [0.1, 0.15) is 5.82 Å². The summed E-state index contributed by atoms with van der Waals surface area (Å²) >= 11 is 0. The van der Waals surface area contributed by atoms with Crippen LogP contribution in [0.5, 0.6) is 0 Å². The number of nitrogens with one attached hydrogen (secondary N) is 2. The number of hydrogen-bond donors (Lipinski definition) is 2. The number of aromatic nitrogens is 4. The van der Waals surface area contributed by atoms with Crippen LogP contribution in [0.25, 0.3) is 17.0 Å². The Labute approximate surface area is 135 Å². The van der Waals surface area contributed by atoms with Gasteiger partial charge in [-0.25, -0.2) is 9.97 Å². The number of rotatable bonds is 3. The van der Waals surface area contributed by atoms with Crippen molar-refractivity contribution >= 4 is 11.5 Å². The first kappa shape index (κ1) is 14.1. The van der Waals surface area contributed by atoms with Gasteiger partial charge in [0.25, 0.3) is 0 Å². The molecule has 0 saturated carbocycles. The SMILES string of the molecule is CC1(C)CNCC1Nc1cccc(-c2cnc3cnccn23)n1. The van der Waals surface area contributed by atoms with Gasteiger partial charge in [0.15, 0.2) is 5.65 Å². The fourth-order valence-corrected chi connectivity index (χ4v) is 3.05. The lowest BCUT2D eigenvalue weighted by Gasteiger charge is -2.27. The van der Waals surface area contributed by atoms with Crippen molar-refractivity contribution in [2.75, 3.05) is 18.4 Å². The first-order valence-electron chi connectivity index (χ1n) is 7.85. The molecule has 0 radical (unpaired) electrons. The molecule has 3 aromatic heterocycles. The number of pyridine rings is 1. The lowest BCUT2D eigenvalue weighted by Crippen LogP contribution is -2.34. The molecule has 1 atom stereocenters. The molecule has 4 rings (SSSR count). The fraction of sp³-hybridized carbons (Fsp3) is 0.353. The predicted molar refractivity (Wildman–Crippen MR) is 90.3 cm³/mol. The van der Waals surface area contributed by atoms with Gasteiger partial charge in [-0.3, -0.25) is 9.38 Å². The van der Waals surface area contributed by atoms with E-state index in [1.807, 2.05) is 35.0 Å². The van der Waals surface area contributed by atoms with Crippen LogP contribution in [-0.4, -0.2) is 38.5 Å². The van der Waals surface area contributed by atoms with E-state index in [1.54, 1.807) is 12.4 Å². The Kier molecular flexibility index (Phi) is 3.27. The molecule has 1 unspecified atom stereocenters. The second-order valence-electron chi connectivity index (χ2n) is 6.67. The summed E-state index contributed by atoms with van der Waals surface area (Å²) < 4.78 is 2.00. The fourth-order valence-electron chi connectivity index (χ4n) is 3.05. The van der Waals surface area contributed by atoms with Crippen molar-refractivity contribution in [3.63, 3.8) is 0 Å². The van der Waals surface area contributed by atoms with E-state index in [4.69, 9.17) is 4.98 Å². The molecular weight excluding hydrogens is 288 g/mol. The third-order valence-electron chi connectivity index (χ3n) is 4.52. The molecular formula is C17H20N6. The van der Waals surface area contributed by atoms with Crippen molar-refractivity contribution in [1.82, 2.24) is 24.7 Å². The van der Waals surface area contributed by atoms with Crippen LogP contribution < -0.4 is 10.6 Å². The molecule has 1 aliphatic rings. The number of anilines is 1. The Morgan fingerprint density at radius 2 is 2.22 bits per heavy atom. The smallest absolute Gasteiger partial charge is 0.155 e. The van der Waals surface area contributed by atoms with Gasteiger partial charge < -0.3 is 10.6 Å². The monoisotopic (exact) mass is 308 g/mol. The summed E-state index contributed by atoms with van der Waals surface area (Å²) in [6, 6.07) is 6.42. The van der Waals surface area contributed by atoms with Crippen LogP contribution in [0.4, 0.5) is 5.82 Å². The van der Waals surface area contributed by atoms with Gasteiger partial charge in [0.2, 0.25) is 0 Å². The van der Waals surface area contributed by atoms with Crippen molar-refractivity contribution in [3.05, 3.63) is 43.0 Å². The largest absolute Gasteiger partial charge is 0.365 e. The van der Waals surface area contributed by atoms with Crippen LogP contribution in [0.3, 0.4) is 0 Å². The lowest BCUT2D eigenvalue weighted by molar-refractivity contribution is 0.380. The van der Waals surface area contributed by atoms with E-state index in [0.717, 1.165) is 35.9 Å². The topological polar surface area (TPSA) is 67.1 Å². The molecule has 0 aliphatic carbocycles. The Bertz CT molecular complexity index is 838. The quantitative estimate of drug-likeness (QED) is 0.776. The van der Waals surface area contributed by atoms with Crippen molar-refractivity contribution in [2.24, 2.45) is 5.41 Å². The van der Waals surface area contributed by atoms with Crippen LogP contribution in [0.1, 0.15) is 13.8 Å². The van der Waals surface area contributed by atoms with E-state index in [-0.39, 0.29) is 5.41 Å². The molecule has 2 N–H and O–H groups in total. The van der Waals surface area contributed by atoms with Crippen molar-refractivity contribution < 1.29 is 0 Å². The Balaban J connectivity index is 1.66. The molecule has 4 heterocycles. The zero-order valence-corrected chi connectivity index (χ0v) is 13.3. The molecule has 3 aromatic rings. The maximum absolute atomic E-state index is 4.77. The highest BCUT2D eigenvalue weighted by Crippen LogP contribution is 2.27. The third kappa shape index (κ3) is 2.55. The number of imidazole rings is 1. The van der Waals surface area contributed by atoms with E-state index in [9.17, 15) is 0 Å². The molecule has 6 nitrogen and oxygen atoms in total. The Morgan fingerprint density at radius 1 is 1.30 bits per heavy atom. The summed E-state index contributed by atoms with van der Waals surface area (Å²) in [4.78, 5) is 13.3. The second kappa shape index (κ2) is 5.31. The molecule has 1 fully saturated rings. The first-order chi connectivity index (χ1) is 11.1. The summed E-state index contributed by atoms with van der Waals surface area (Å²) in [5, 5.41) is 7.00. The highest BCUT2D eigenvalue weighted by Gasteiger charge is 2.34. The summed E-state index contributed by atoms with van der Waals surface area (Å²) in [5.74, 6) is 0.897. The number of nitrogens with zero attached hydrogens (tertiary/aromatic N) is 4. The van der Waals surface area contributed by atoms with E-state index in [2.05, 4.69) is 34.4 Å². The number of hydrogen-bond acceptors (Lipinski definition) is 5. The van der Waals surface area contributed by atoms with Gasteiger partial charge in [0, 0.05) is 31.5 Å². The highest BCUT2D eigenvalue weighted by molar-refractivity contribution is 5.61. The van der Waals surface area contributed by atoms with E-state index in [0.29, 0.717) is 6.04 Å². The molecule has 0 spiro atoms. The van der Waals surface area contributed by atoms with Crippen LogP contribution >= 0.6 is 0 Å². The molecule has 6 heteroatoms. The maximum atomic E-state index is 4.77. The van der Waals surface area contributed by atoms with E-state index >= 15 is 0 Å². The van der Waals surface area contributed by atoms with Crippen molar-refractivity contribution in [3.8, 4) is 11.4 Å². The van der Waals surface area contributed by atoms with Crippen molar-refractivity contribution in [1.29, 1.82) is 0 Å². The molecule has 118 valence electrons. The summed E-state index contributed by atoms with van der Waals surface area (Å²) in [6.07, 6.45) is 7.25. The van der Waals surface area contributed by atoms with Gasteiger partial charge in [0.05, 0.1) is 23.8 Å². The van der Waals surface area contributed by atoms with Gasteiger partial charge in [-0.2, -0.15) is 0 Å². The predicted octanol–water partition coefficient (Wildman–Crippen LogP) is 2.20. The molecule has 1 aliphatic heterocycles. The normalized spacial score (nSPS) is 20.0. The lowest BCUT2D eigenvalue weighted by atomic mass is 9.88. The molecule has 0 amide bonds. The van der Waals surface area contributed by atoms with Gasteiger partial charge >= 0.3 is 0 Å². The molecule has 0 aromatic carbocycles. The van der Waals surface area contributed by atoms with Crippen molar-refractivity contribution in [2.45, 2.75) is 19.9 Å². The third-order valence-corrected chi connectivity index (χ3v) is 4.52. The average Bonchev–Trinajstić information content (AvgIpc) is 3.11. The van der Waals surface area contributed by atoms with E-state index in [1.165, 1.54) is 0 Å². The van der Waals surface area contributed by atoms with Crippen LogP contribution in [0.15, 0.2) is 43.0 Å². The Hall–Kier alpha value is -2.47. The molecule has 0 bridgehead atoms. The maximum Gasteiger partial charge on any atom is 0.155 e. The summed E-state index contributed by atoms with van der Waals surface area (Å²) in [6.45, 7) is 6.52. The zero-order chi connectivity index (χ0) is 15.9. The summed E-state index contributed by atoms with van der Waals surface area (Å²) in [5.41, 5.74) is 2.91. The minimum absolute atomic E-state index is 0.215. The standard InChI is InChI=1S/C17H20N6/c1-17(2)11-19-9-14(17)22-15-5-3-4-12(21-15)13-8-20-16-10-18-6-7-23(13)16/h3-8,10,14,19H,9,11H2,1-2H3,(H,21,22). The summed E-state index contributed by atoms with van der Waals surface area (Å²) in [7, 11) is 0. The number of fused-ring (bicyclic) bond motifs is 1. The van der Waals surface area contributed by atoms with Gasteiger partial charge in [-0.1, -0.05) is 19.9 Å². The van der Waals surface area contributed by atoms with Crippen LogP contribution in [-0.2, 0) is 0 Å². The van der Waals surface area contributed by atoms with Crippen LogP contribution in [0.2, 0.25) is 0 Å². The first-order valence-corrected chi connectivity index (χ1v) is 7.85. The second-order valence-corrected chi connectivity index (χ2v) is 6.67. The minimum atomic E-state index is 0.215. The minimum Gasteiger partial charge on any atom is -0.365 e. The van der Waals surface area contributed by atoms with Crippen LogP contribution in [0, 0.1) is 5.41 Å². The van der Waals surface area contributed by atoms with Gasteiger partial charge in [-0.15, -0.1) is 0 Å². The van der Waals surface area contributed by atoms with E-state index < -0.39 is 0 Å². The molecule has 23 heavy (non-hydrogen) atoms. The van der Waals surface area contributed by atoms with Gasteiger partial charge in [-0.05, 0) is 17.5 Å². The Morgan fingerprint density at radius 3 is 3.04 bits per heavy atom. The average molecular weight is 308 g/mol. The highest BCUT2D eigenvalue weighted by atomic mass is 15.1. The molecule has 1 saturated heterocycles.